The SMILES string of the molecule is CCC(C)(NC(=O)c1cncc(Br)c1)C(=O)CCl. The molecule has 1 aromatic heterocycles. The zero-order valence-electron chi connectivity index (χ0n) is 10.2. The molecule has 18 heavy (non-hydrogen) atoms. The van der Waals surface area contributed by atoms with Crippen molar-refractivity contribution in [3.05, 3.63) is 28.5 Å². The van der Waals surface area contributed by atoms with Crippen molar-refractivity contribution in [1.82, 2.24) is 10.3 Å². The fourth-order valence-corrected chi connectivity index (χ4v) is 2.02. The average molecular weight is 334 g/mol. The molecular formula is C12H14BrClN2O2. The van der Waals surface area contributed by atoms with Crippen LogP contribution in [0.25, 0.3) is 0 Å². The highest BCUT2D eigenvalue weighted by atomic mass is 79.9. The Bertz CT molecular complexity index is 467. The zero-order chi connectivity index (χ0) is 13.8. The number of alkyl halides is 1. The van der Waals surface area contributed by atoms with Crippen LogP contribution in [0.5, 0.6) is 0 Å². The van der Waals surface area contributed by atoms with Crippen LogP contribution in [0.2, 0.25) is 0 Å². The van der Waals surface area contributed by atoms with E-state index in [-0.39, 0.29) is 17.6 Å². The predicted molar refractivity (Wildman–Crippen MR) is 73.8 cm³/mol. The van der Waals surface area contributed by atoms with Gasteiger partial charge in [-0.3, -0.25) is 14.6 Å². The second kappa shape index (κ2) is 6.29. The number of Topliss-reactive ketones (excluding diaryl/α,β-unsaturated/α-hetero) is 1. The van der Waals surface area contributed by atoms with Gasteiger partial charge in [-0.05, 0) is 35.3 Å². The molecule has 98 valence electrons. The Morgan fingerprint density at radius 1 is 1.50 bits per heavy atom. The second-order valence-electron chi connectivity index (χ2n) is 4.09. The number of nitrogens with one attached hydrogen (secondary N) is 1. The quantitative estimate of drug-likeness (QED) is 0.843. The van der Waals surface area contributed by atoms with Crippen LogP contribution in [0.3, 0.4) is 0 Å². The van der Waals surface area contributed by atoms with Crippen LogP contribution in [-0.2, 0) is 4.79 Å². The molecule has 1 amide bonds. The van der Waals surface area contributed by atoms with Crippen molar-refractivity contribution in [2.45, 2.75) is 25.8 Å². The van der Waals surface area contributed by atoms with Gasteiger partial charge < -0.3 is 5.32 Å². The van der Waals surface area contributed by atoms with E-state index >= 15 is 0 Å². The normalized spacial score (nSPS) is 13.8. The summed E-state index contributed by atoms with van der Waals surface area (Å²) in [6, 6.07) is 1.64. The molecule has 1 heterocycles. The maximum Gasteiger partial charge on any atom is 0.253 e. The lowest BCUT2D eigenvalue weighted by atomic mass is 9.93. The van der Waals surface area contributed by atoms with Crippen molar-refractivity contribution >= 4 is 39.2 Å². The van der Waals surface area contributed by atoms with E-state index in [0.717, 1.165) is 0 Å². The molecule has 0 spiro atoms. The predicted octanol–water partition coefficient (Wildman–Crippen LogP) is 2.55. The summed E-state index contributed by atoms with van der Waals surface area (Å²) < 4.78 is 0.706. The number of hydrogen-bond acceptors (Lipinski definition) is 3. The monoisotopic (exact) mass is 332 g/mol. The van der Waals surface area contributed by atoms with Gasteiger partial charge >= 0.3 is 0 Å². The number of pyridine rings is 1. The van der Waals surface area contributed by atoms with Gasteiger partial charge in [-0.2, -0.15) is 0 Å². The van der Waals surface area contributed by atoms with Crippen LogP contribution in [0.4, 0.5) is 0 Å². The largest absolute Gasteiger partial charge is 0.340 e. The Kier molecular flexibility index (Phi) is 5.28. The van der Waals surface area contributed by atoms with Gasteiger partial charge in [0.25, 0.3) is 5.91 Å². The highest BCUT2D eigenvalue weighted by Gasteiger charge is 2.32. The van der Waals surface area contributed by atoms with Crippen LogP contribution in [0.15, 0.2) is 22.9 Å². The molecule has 0 radical (unpaired) electrons. The van der Waals surface area contributed by atoms with E-state index in [1.54, 1.807) is 19.2 Å². The molecule has 4 nitrogen and oxygen atoms in total. The smallest absolute Gasteiger partial charge is 0.253 e. The minimum absolute atomic E-state index is 0.124. The first-order chi connectivity index (χ1) is 8.42. The summed E-state index contributed by atoms with van der Waals surface area (Å²) in [6.07, 6.45) is 3.51. The van der Waals surface area contributed by atoms with Crippen molar-refractivity contribution in [2.75, 3.05) is 5.88 Å². The third-order valence-corrected chi connectivity index (χ3v) is 3.48. The molecule has 0 aliphatic carbocycles. The molecule has 1 rings (SSSR count). The summed E-state index contributed by atoms with van der Waals surface area (Å²) in [6.45, 7) is 3.49. The highest BCUT2D eigenvalue weighted by molar-refractivity contribution is 9.10. The van der Waals surface area contributed by atoms with Crippen molar-refractivity contribution < 1.29 is 9.59 Å². The summed E-state index contributed by atoms with van der Waals surface area (Å²) in [5, 5.41) is 2.70. The number of aromatic nitrogens is 1. The van der Waals surface area contributed by atoms with E-state index in [4.69, 9.17) is 11.6 Å². The minimum Gasteiger partial charge on any atom is -0.340 e. The first-order valence-electron chi connectivity index (χ1n) is 5.45. The number of hydrogen-bond donors (Lipinski definition) is 1. The Morgan fingerprint density at radius 2 is 2.17 bits per heavy atom. The molecule has 0 fully saturated rings. The molecule has 0 saturated heterocycles. The van der Waals surface area contributed by atoms with E-state index in [9.17, 15) is 9.59 Å². The molecule has 1 N–H and O–H groups in total. The molecule has 6 heteroatoms. The number of nitrogens with zero attached hydrogens (tertiary/aromatic N) is 1. The number of rotatable bonds is 5. The van der Waals surface area contributed by atoms with Crippen LogP contribution < -0.4 is 5.32 Å². The number of carbonyl (C=O) groups excluding carboxylic acids is 2. The topological polar surface area (TPSA) is 59.1 Å². The number of amides is 1. The summed E-state index contributed by atoms with van der Waals surface area (Å²) in [4.78, 5) is 27.7. The molecule has 0 aliphatic heterocycles. The zero-order valence-corrected chi connectivity index (χ0v) is 12.5. The highest BCUT2D eigenvalue weighted by Crippen LogP contribution is 2.15. The van der Waals surface area contributed by atoms with Crippen molar-refractivity contribution in [1.29, 1.82) is 0 Å². The molecule has 0 aliphatic rings. The van der Waals surface area contributed by atoms with E-state index in [1.807, 2.05) is 6.92 Å². The van der Waals surface area contributed by atoms with Gasteiger partial charge in [0.2, 0.25) is 0 Å². The Hall–Kier alpha value is -0.940. The summed E-state index contributed by atoms with van der Waals surface area (Å²) in [7, 11) is 0. The first-order valence-corrected chi connectivity index (χ1v) is 6.78. The Morgan fingerprint density at radius 3 is 2.67 bits per heavy atom. The second-order valence-corrected chi connectivity index (χ2v) is 5.27. The van der Waals surface area contributed by atoms with E-state index in [2.05, 4.69) is 26.2 Å². The van der Waals surface area contributed by atoms with Gasteiger partial charge in [-0.15, -0.1) is 11.6 Å². The number of carbonyl (C=O) groups is 2. The van der Waals surface area contributed by atoms with Crippen molar-refractivity contribution in [3.8, 4) is 0 Å². The summed E-state index contributed by atoms with van der Waals surface area (Å²) >= 11 is 8.79. The third kappa shape index (κ3) is 3.53. The maximum atomic E-state index is 12.0. The van der Waals surface area contributed by atoms with Gasteiger partial charge in [0.05, 0.1) is 17.0 Å². The van der Waals surface area contributed by atoms with E-state index < -0.39 is 5.54 Å². The molecule has 1 atom stereocenters. The van der Waals surface area contributed by atoms with Gasteiger partial charge in [-0.1, -0.05) is 6.92 Å². The van der Waals surface area contributed by atoms with Crippen LogP contribution >= 0.6 is 27.5 Å². The fraction of sp³-hybridized carbons (Fsp3) is 0.417. The van der Waals surface area contributed by atoms with Crippen LogP contribution in [0.1, 0.15) is 30.6 Å². The lowest BCUT2D eigenvalue weighted by Crippen LogP contribution is -2.52. The minimum atomic E-state index is -0.943. The molecule has 0 saturated carbocycles. The first kappa shape index (κ1) is 15.1. The third-order valence-electron chi connectivity index (χ3n) is 2.80. The standard InChI is InChI=1S/C12H14BrClN2O2/c1-3-12(2,10(17)5-14)16-11(18)8-4-9(13)7-15-6-8/h4,6-7H,3,5H2,1-2H3,(H,16,18). The molecule has 1 aromatic rings. The van der Waals surface area contributed by atoms with E-state index in [0.29, 0.717) is 16.5 Å². The van der Waals surface area contributed by atoms with Gasteiger partial charge in [0, 0.05) is 16.9 Å². The molecule has 0 bridgehead atoms. The van der Waals surface area contributed by atoms with Gasteiger partial charge in [-0.25, -0.2) is 0 Å². The van der Waals surface area contributed by atoms with Crippen LogP contribution in [-0.4, -0.2) is 28.1 Å². The molecule has 1 unspecified atom stereocenters. The summed E-state index contributed by atoms with van der Waals surface area (Å²) in [5.74, 6) is -0.670. The number of halogens is 2. The molecule has 0 aromatic carbocycles. The average Bonchev–Trinajstić information content (AvgIpc) is 2.37. The fourth-order valence-electron chi connectivity index (χ4n) is 1.36. The lowest BCUT2D eigenvalue weighted by molar-refractivity contribution is -0.122. The van der Waals surface area contributed by atoms with Crippen LogP contribution in [0, 0.1) is 0 Å². The lowest BCUT2D eigenvalue weighted by Gasteiger charge is -2.27. The van der Waals surface area contributed by atoms with Gasteiger partial charge in [0.1, 0.15) is 0 Å². The molecular weight excluding hydrogens is 320 g/mol. The van der Waals surface area contributed by atoms with Crippen molar-refractivity contribution in [2.24, 2.45) is 0 Å². The van der Waals surface area contributed by atoms with Crippen molar-refractivity contribution in [3.63, 3.8) is 0 Å². The van der Waals surface area contributed by atoms with E-state index in [1.165, 1.54) is 6.20 Å². The number of ketones is 1. The van der Waals surface area contributed by atoms with Gasteiger partial charge in [0.15, 0.2) is 5.78 Å². The maximum absolute atomic E-state index is 12.0. The Labute approximate surface area is 119 Å². The summed E-state index contributed by atoms with van der Waals surface area (Å²) in [5.41, 5.74) is -0.548. The Balaban J connectivity index is 2.89.